The Bertz CT molecular complexity index is 1060. The maximum absolute atomic E-state index is 6.08. The third kappa shape index (κ3) is 2.48. The van der Waals surface area contributed by atoms with E-state index in [2.05, 4.69) is 28.1 Å². The summed E-state index contributed by atoms with van der Waals surface area (Å²) >= 11 is 0. The lowest BCUT2D eigenvalue weighted by Gasteiger charge is -2.17. The first kappa shape index (κ1) is 15.4. The molecule has 7 heteroatoms. The van der Waals surface area contributed by atoms with Crippen LogP contribution in [0.25, 0.3) is 22.0 Å². The summed E-state index contributed by atoms with van der Waals surface area (Å²) in [6, 6.07) is 8.09. The molecule has 25 heavy (non-hydrogen) atoms. The van der Waals surface area contributed by atoms with Crippen molar-refractivity contribution >= 4 is 33.8 Å². The smallest absolute Gasteiger partial charge is 0.229 e. The molecule has 0 amide bonds. The summed E-state index contributed by atoms with van der Waals surface area (Å²) in [5, 5.41) is 6.09. The normalized spacial score (nSPS) is 11.5. The van der Waals surface area contributed by atoms with Crippen molar-refractivity contribution in [1.29, 1.82) is 0 Å². The summed E-state index contributed by atoms with van der Waals surface area (Å²) in [6.45, 7) is 2.74. The van der Waals surface area contributed by atoms with Crippen LogP contribution in [-0.4, -0.2) is 26.8 Å². The number of anilines is 2. The maximum Gasteiger partial charge on any atom is 0.229 e. The van der Waals surface area contributed by atoms with Crippen LogP contribution in [0.3, 0.4) is 0 Å². The van der Waals surface area contributed by atoms with Gasteiger partial charge in [-0.15, -0.1) is 0 Å². The number of rotatable bonds is 4. The van der Waals surface area contributed by atoms with Crippen LogP contribution in [0, 0.1) is 0 Å². The second-order valence-electron chi connectivity index (χ2n) is 6.12. The Labute approximate surface area is 145 Å². The Hall–Kier alpha value is -3.09. The van der Waals surface area contributed by atoms with Gasteiger partial charge in [-0.05, 0) is 6.07 Å². The van der Waals surface area contributed by atoms with Gasteiger partial charge in [0.2, 0.25) is 5.95 Å². The van der Waals surface area contributed by atoms with Crippen LogP contribution < -0.4 is 10.6 Å². The van der Waals surface area contributed by atoms with Crippen molar-refractivity contribution in [2.45, 2.75) is 19.9 Å². The molecule has 2 N–H and O–H groups in total. The molecule has 0 unspecified atom stereocenters. The molecule has 0 aliphatic carbocycles. The zero-order chi connectivity index (χ0) is 17.6. The van der Waals surface area contributed by atoms with E-state index >= 15 is 0 Å². The van der Waals surface area contributed by atoms with E-state index in [0.29, 0.717) is 18.3 Å². The Morgan fingerprint density at radius 1 is 1.20 bits per heavy atom. The van der Waals surface area contributed by atoms with Crippen molar-refractivity contribution in [3.63, 3.8) is 0 Å². The Morgan fingerprint density at radius 2 is 2.00 bits per heavy atom. The SMILES string of the molecule is CCc1oc2ccccc2c1CN(C)c1nc(N)c2cnn(C)c2n1. The Morgan fingerprint density at radius 3 is 2.80 bits per heavy atom. The molecule has 0 radical (unpaired) electrons. The Balaban J connectivity index is 1.75. The number of nitrogen functional groups attached to an aromatic ring is 1. The van der Waals surface area contributed by atoms with E-state index < -0.39 is 0 Å². The minimum absolute atomic E-state index is 0.438. The highest BCUT2D eigenvalue weighted by Gasteiger charge is 2.17. The van der Waals surface area contributed by atoms with Gasteiger partial charge < -0.3 is 15.1 Å². The monoisotopic (exact) mass is 336 g/mol. The predicted octanol–water partition coefficient (Wildman–Crippen LogP) is 2.89. The molecule has 3 aromatic heterocycles. The van der Waals surface area contributed by atoms with Crippen molar-refractivity contribution in [2.75, 3.05) is 17.7 Å². The molecule has 0 saturated heterocycles. The average molecular weight is 336 g/mol. The van der Waals surface area contributed by atoms with Gasteiger partial charge in [0.1, 0.15) is 17.2 Å². The van der Waals surface area contributed by atoms with Gasteiger partial charge in [0.25, 0.3) is 0 Å². The van der Waals surface area contributed by atoms with Gasteiger partial charge in [-0.3, -0.25) is 4.68 Å². The molecule has 0 aliphatic rings. The van der Waals surface area contributed by atoms with Crippen LogP contribution in [0.5, 0.6) is 0 Å². The van der Waals surface area contributed by atoms with Crippen LogP contribution in [0.1, 0.15) is 18.2 Å². The summed E-state index contributed by atoms with van der Waals surface area (Å²) in [5.74, 6) is 2.00. The number of aryl methyl sites for hydroxylation is 2. The molecule has 0 aliphatic heterocycles. The molecule has 0 spiro atoms. The second kappa shape index (κ2) is 5.77. The zero-order valence-electron chi connectivity index (χ0n) is 14.5. The molecule has 0 saturated carbocycles. The van der Waals surface area contributed by atoms with E-state index in [0.717, 1.165) is 39.7 Å². The van der Waals surface area contributed by atoms with E-state index in [4.69, 9.17) is 10.2 Å². The number of hydrogen-bond acceptors (Lipinski definition) is 6. The van der Waals surface area contributed by atoms with Gasteiger partial charge in [-0.2, -0.15) is 15.1 Å². The highest BCUT2D eigenvalue weighted by atomic mass is 16.3. The summed E-state index contributed by atoms with van der Waals surface area (Å²) in [4.78, 5) is 11.0. The largest absolute Gasteiger partial charge is 0.461 e. The van der Waals surface area contributed by atoms with Gasteiger partial charge >= 0.3 is 0 Å². The fourth-order valence-corrected chi connectivity index (χ4v) is 3.12. The van der Waals surface area contributed by atoms with Crippen LogP contribution in [-0.2, 0) is 20.0 Å². The van der Waals surface area contributed by atoms with Crippen molar-refractivity contribution in [1.82, 2.24) is 19.7 Å². The zero-order valence-corrected chi connectivity index (χ0v) is 14.5. The van der Waals surface area contributed by atoms with Gasteiger partial charge in [0, 0.05) is 38.0 Å². The molecule has 3 heterocycles. The standard InChI is InChI=1S/C18H20N6O/c1-4-14-13(11-7-5-6-8-15(11)25-14)10-23(2)18-21-16(19)12-9-20-24(3)17(12)22-18/h5-9H,4,10H2,1-3H3,(H2,19,21,22). The first-order chi connectivity index (χ1) is 12.1. The number of furan rings is 1. The molecule has 0 fully saturated rings. The number of benzene rings is 1. The van der Waals surface area contributed by atoms with Crippen molar-refractivity contribution in [3.8, 4) is 0 Å². The van der Waals surface area contributed by atoms with E-state index in [1.807, 2.05) is 37.2 Å². The molecule has 4 rings (SSSR count). The predicted molar refractivity (Wildman–Crippen MR) is 98.4 cm³/mol. The number of nitrogens with two attached hydrogens (primary N) is 1. The first-order valence-electron chi connectivity index (χ1n) is 8.24. The molecule has 4 aromatic rings. The summed E-state index contributed by atoms with van der Waals surface area (Å²) in [7, 11) is 3.80. The maximum atomic E-state index is 6.08. The summed E-state index contributed by atoms with van der Waals surface area (Å²) in [6.07, 6.45) is 2.52. The lowest BCUT2D eigenvalue weighted by atomic mass is 10.1. The number of para-hydroxylation sites is 1. The van der Waals surface area contributed by atoms with E-state index in [1.54, 1.807) is 10.9 Å². The van der Waals surface area contributed by atoms with E-state index in [-0.39, 0.29) is 0 Å². The topological polar surface area (TPSA) is 86.0 Å². The van der Waals surface area contributed by atoms with Crippen molar-refractivity contribution in [2.24, 2.45) is 7.05 Å². The summed E-state index contributed by atoms with van der Waals surface area (Å²) < 4.78 is 7.68. The van der Waals surface area contributed by atoms with Crippen LogP contribution in [0.15, 0.2) is 34.9 Å². The fraction of sp³-hybridized carbons (Fsp3) is 0.278. The third-order valence-electron chi connectivity index (χ3n) is 4.45. The highest BCUT2D eigenvalue weighted by molar-refractivity contribution is 5.86. The molecule has 0 atom stereocenters. The van der Waals surface area contributed by atoms with E-state index in [9.17, 15) is 0 Å². The molecular formula is C18H20N6O. The van der Waals surface area contributed by atoms with Gasteiger partial charge in [-0.1, -0.05) is 25.1 Å². The average Bonchev–Trinajstić information content (AvgIpc) is 3.16. The van der Waals surface area contributed by atoms with Gasteiger partial charge in [-0.25, -0.2) is 0 Å². The quantitative estimate of drug-likeness (QED) is 0.617. The van der Waals surface area contributed by atoms with Crippen molar-refractivity contribution < 1.29 is 4.42 Å². The number of aromatic nitrogens is 4. The first-order valence-corrected chi connectivity index (χ1v) is 8.24. The minimum atomic E-state index is 0.438. The minimum Gasteiger partial charge on any atom is -0.461 e. The van der Waals surface area contributed by atoms with Crippen molar-refractivity contribution in [3.05, 3.63) is 41.8 Å². The second-order valence-corrected chi connectivity index (χ2v) is 6.12. The molecule has 7 nitrogen and oxygen atoms in total. The molecular weight excluding hydrogens is 316 g/mol. The molecule has 1 aromatic carbocycles. The third-order valence-corrected chi connectivity index (χ3v) is 4.45. The van der Waals surface area contributed by atoms with Crippen LogP contribution >= 0.6 is 0 Å². The number of hydrogen-bond donors (Lipinski definition) is 1. The lowest BCUT2D eigenvalue weighted by Crippen LogP contribution is -2.20. The number of fused-ring (bicyclic) bond motifs is 2. The van der Waals surface area contributed by atoms with Gasteiger partial charge in [0.05, 0.1) is 11.6 Å². The summed E-state index contributed by atoms with van der Waals surface area (Å²) in [5.41, 5.74) is 8.87. The highest BCUT2D eigenvalue weighted by Crippen LogP contribution is 2.28. The molecule has 0 bridgehead atoms. The van der Waals surface area contributed by atoms with Crippen LogP contribution in [0.2, 0.25) is 0 Å². The van der Waals surface area contributed by atoms with Gasteiger partial charge in [0.15, 0.2) is 5.65 Å². The molecule has 128 valence electrons. The van der Waals surface area contributed by atoms with Crippen LogP contribution in [0.4, 0.5) is 11.8 Å². The number of nitrogens with zero attached hydrogens (tertiary/aromatic N) is 5. The fourth-order valence-electron chi connectivity index (χ4n) is 3.12. The lowest BCUT2D eigenvalue weighted by molar-refractivity contribution is 0.549. The van der Waals surface area contributed by atoms with E-state index in [1.165, 1.54) is 0 Å². The Kier molecular flexibility index (Phi) is 3.56.